The molecule has 1 aliphatic rings. The molecule has 1 aliphatic heterocycles. The van der Waals surface area contributed by atoms with Crippen LogP contribution in [0.2, 0.25) is 0 Å². The van der Waals surface area contributed by atoms with Crippen LogP contribution in [0.5, 0.6) is 10.8 Å². The Balaban J connectivity index is 1.88. The average molecular weight is 357 g/mol. The van der Waals surface area contributed by atoms with Crippen LogP contribution in [-0.4, -0.2) is 0 Å². The first-order valence-electron chi connectivity index (χ1n) is 8.80. The monoisotopic (exact) mass is 357 g/mol. The largest absolute Gasteiger partial charge is 0.442 e. The van der Waals surface area contributed by atoms with E-state index < -0.39 is 0 Å². The van der Waals surface area contributed by atoms with Gasteiger partial charge in [-0.2, -0.15) is 0 Å². The van der Waals surface area contributed by atoms with E-state index in [1.165, 1.54) is 32.5 Å². The molecule has 0 amide bonds. The molecule has 2 nitrogen and oxygen atoms in total. The number of para-hydroxylation sites is 2. The number of fused-ring (bicyclic) bond motifs is 4. The van der Waals surface area contributed by atoms with Crippen LogP contribution < -0.4 is 9.64 Å². The van der Waals surface area contributed by atoms with Crippen LogP contribution in [0.3, 0.4) is 0 Å². The zero-order valence-electron chi connectivity index (χ0n) is 15.0. The molecule has 0 atom stereocenters. The predicted molar refractivity (Wildman–Crippen MR) is 111 cm³/mol. The number of thiophene rings is 1. The molecule has 3 aromatic carbocycles. The molecule has 0 saturated heterocycles. The van der Waals surface area contributed by atoms with Gasteiger partial charge in [0.2, 0.25) is 5.06 Å². The molecular weight excluding hydrogens is 338 g/mol. The molecule has 0 N–H and O–H groups in total. The standard InChI is InChI=1S/C23H19NOS/c1-14-12-15(2)21(16(3)13-14)24-18-9-5-6-10-19(18)25-23-22(24)17-8-4-7-11-20(17)26-23/h4-13H,1-3H3. The fraction of sp³-hybridized carbons (Fsp3) is 0.130. The van der Waals surface area contributed by atoms with Crippen molar-refractivity contribution in [3.63, 3.8) is 0 Å². The maximum Gasteiger partial charge on any atom is 0.206 e. The van der Waals surface area contributed by atoms with Crippen LogP contribution in [0, 0.1) is 20.8 Å². The fourth-order valence-corrected chi connectivity index (χ4v) is 5.05. The third-order valence-electron chi connectivity index (χ3n) is 4.93. The number of hydrogen-bond donors (Lipinski definition) is 0. The van der Waals surface area contributed by atoms with Gasteiger partial charge in [0, 0.05) is 10.1 Å². The average Bonchev–Trinajstić information content (AvgIpc) is 2.98. The molecule has 2 heterocycles. The summed E-state index contributed by atoms with van der Waals surface area (Å²) >= 11 is 1.71. The van der Waals surface area contributed by atoms with E-state index in [4.69, 9.17) is 4.74 Å². The van der Waals surface area contributed by atoms with Crippen molar-refractivity contribution >= 4 is 38.5 Å². The summed E-state index contributed by atoms with van der Waals surface area (Å²) in [7, 11) is 0. The molecule has 0 spiro atoms. The Morgan fingerprint density at radius 3 is 2.31 bits per heavy atom. The van der Waals surface area contributed by atoms with E-state index in [9.17, 15) is 0 Å². The van der Waals surface area contributed by atoms with E-state index >= 15 is 0 Å². The lowest BCUT2D eigenvalue weighted by atomic mass is 10.0. The van der Waals surface area contributed by atoms with E-state index in [0.29, 0.717) is 0 Å². The first kappa shape index (κ1) is 15.5. The van der Waals surface area contributed by atoms with Crippen molar-refractivity contribution < 1.29 is 4.74 Å². The van der Waals surface area contributed by atoms with Gasteiger partial charge in [0.1, 0.15) is 5.69 Å². The zero-order chi connectivity index (χ0) is 17.8. The van der Waals surface area contributed by atoms with Crippen LogP contribution in [0.15, 0.2) is 60.7 Å². The van der Waals surface area contributed by atoms with E-state index in [1.54, 1.807) is 11.3 Å². The molecule has 5 rings (SSSR count). The van der Waals surface area contributed by atoms with Gasteiger partial charge in [-0.05, 0) is 50.1 Å². The summed E-state index contributed by atoms with van der Waals surface area (Å²) in [4.78, 5) is 2.39. The highest BCUT2D eigenvalue weighted by Gasteiger charge is 2.31. The molecule has 0 aliphatic carbocycles. The maximum atomic E-state index is 6.29. The first-order chi connectivity index (χ1) is 12.6. The lowest BCUT2D eigenvalue weighted by molar-refractivity contribution is 0.491. The van der Waals surface area contributed by atoms with E-state index in [1.807, 2.05) is 6.07 Å². The minimum absolute atomic E-state index is 0.908. The summed E-state index contributed by atoms with van der Waals surface area (Å²) in [5, 5.41) is 2.20. The molecule has 0 saturated carbocycles. The number of aryl methyl sites for hydroxylation is 3. The van der Waals surface area contributed by atoms with Gasteiger partial charge in [-0.3, -0.25) is 0 Å². The number of hydrogen-bond acceptors (Lipinski definition) is 3. The minimum Gasteiger partial charge on any atom is -0.442 e. The number of ether oxygens (including phenoxy) is 1. The fourth-order valence-electron chi connectivity index (χ4n) is 4.00. The minimum atomic E-state index is 0.908. The van der Waals surface area contributed by atoms with Gasteiger partial charge in [0.15, 0.2) is 5.75 Å². The quantitative estimate of drug-likeness (QED) is 0.310. The Hall–Kier alpha value is -2.78. The van der Waals surface area contributed by atoms with Crippen molar-refractivity contribution in [2.24, 2.45) is 0 Å². The Morgan fingerprint density at radius 2 is 1.50 bits per heavy atom. The Kier molecular flexibility index (Phi) is 3.34. The molecule has 0 fully saturated rings. The van der Waals surface area contributed by atoms with Crippen LogP contribution in [-0.2, 0) is 0 Å². The normalized spacial score (nSPS) is 12.7. The summed E-state index contributed by atoms with van der Waals surface area (Å²) in [6, 6.07) is 21.4. The summed E-state index contributed by atoms with van der Waals surface area (Å²) in [5.74, 6) is 0.908. The zero-order valence-corrected chi connectivity index (χ0v) is 15.9. The van der Waals surface area contributed by atoms with Gasteiger partial charge >= 0.3 is 0 Å². The molecular formula is C23H19NOS. The van der Waals surface area contributed by atoms with Gasteiger partial charge in [-0.15, -0.1) is 0 Å². The van der Waals surface area contributed by atoms with Crippen LogP contribution in [0.4, 0.5) is 17.1 Å². The van der Waals surface area contributed by atoms with E-state index in [-0.39, 0.29) is 0 Å². The topological polar surface area (TPSA) is 12.5 Å². The second-order valence-corrected chi connectivity index (χ2v) is 7.90. The smallest absolute Gasteiger partial charge is 0.206 e. The summed E-state index contributed by atoms with van der Waals surface area (Å²) < 4.78 is 7.54. The van der Waals surface area contributed by atoms with E-state index in [0.717, 1.165) is 22.2 Å². The van der Waals surface area contributed by atoms with Gasteiger partial charge in [-0.25, -0.2) is 0 Å². The molecule has 3 heteroatoms. The molecule has 0 radical (unpaired) electrons. The molecule has 0 unspecified atom stereocenters. The SMILES string of the molecule is Cc1cc(C)c(N2c3ccccc3Oc3sc4ccccc4c32)c(C)c1. The van der Waals surface area contributed by atoms with E-state index in [2.05, 4.69) is 80.3 Å². The summed E-state index contributed by atoms with van der Waals surface area (Å²) in [5.41, 5.74) is 7.34. The summed E-state index contributed by atoms with van der Waals surface area (Å²) in [6.45, 7) is 6.55. The molecule has 4 aromatic rings. The first-order valence-corrected chi connectivity index (χ1v) is 9.61. The third-order valence-corrected chi connectivity index (χ3v) is 5.97. The van der Waals surface area contributed by atoms with Gasteiger partial charge in [-0.1, -0.05) is 59.4 Å². The van der Waals surface area contributed by atoms with Gasteiger partial charge < -0.3 is 9.64 Å². The molecule has 0 bridgehead atoms. The van der Waals surface area contributed by atoms with Crippen molar-refractivity contribution in [3.8, 4) is 10.8 Å². The van der Waals surface area contributed by atoms with Crippen molar-refractivity contribution in [1.82, 2.24) is 0 Å². The second kappa shape index (κ2) is 5.61. The van der Waals surface area contributed by atoms with Crippen LogP contribution >= 0.6 is 11.3 Å². The predicted octanol–water partition coefficient (Wildman–Crippen LogP) is 7.40. The lowest BCUT2D eigenvalue weighted by Gasteiger charge is -2.33. The van der Waals surface area contributed by atoms with Gasteiger partial charge in [0.05, 0.1) is 11.4 Å². The third kappa shape index (κ3) is 2.17. The highest BCUT2D eigenvalue weighted by Crippen LogP contribution is 2.57. The van der Waals surface area contributed by atoms with Crippen LogP contribution in [0.1, 0.15) is 16.7 Å². The van der Waals surface area contributed by atoms with Crippen LogP contribution in [0.25, 0.3) is 10.1 Å². The molecule has 128 valence electrons. The number of rotatable bonds is 1. The maximum absolute atomic E-state index is 6.29. The highest BCUT2D eigenvalue weighted by molar-refractivity contribution is 7.21. The number of nitrogens with zero attached hydrogens (tertiary/aromatic N) is 1. The Bertz CT molecular complexity index is 1140. The molecule has 1 aromatic heterocycles. The second-order valence-electron chi connectivity index (χ2n) is 6.89. The van der Waals surface area contributed by atoms with Crippen molar-refractivity contribution in [3.05, 3.63) is 77.4 Å². The number of benzene rings is 3. The number of anilines is 3. The molecule has 26 heavy (non-hydrogen) atoms. The summed E-state index contributed by atoms with van der Waals surface area (Å²) in [6.07, 6.45) is 0. The van der Waals surface area contributed by atoms with Gasteiger partial charge in [0.25, 0.3) is 0 Å². The Labute approximate surface area is 157 Å². The van der Waals surface area contributed by atoms with Crippen molar-refractivity contribution in [2.45, 2.75) is 20.8 Å². The van der Waals surface area contributed by atoms with Crippen molar-refractivity contribution in [1.29, 1.82) is 0 Å². The van der Waals surface area contributed by atoms with Crippen molar-refractivity contribution in [2.75, 3.05) is 4.90 Å². The highest BCUT2D eigenvalue weighted by atomic mass is 32.1. The lowest BCUT2D eigenvalue weighted by Crippen LogP contribution is -2.17. The Morgan fingerprint density at radius 1 is 0.808 bits per heavy atom.